The molecule has 118 valence electrons. The van der Waals surface area contributed by atoms with Crippen LogP contribution in [0.25, 0.3) is 0 Å². The van der Waals surface area contributed by atoms with E-state index in [2.05, 4.69) is 5.10 Å². The molecule has 1 fully saturated rings. The van der Waals surface area contributed by atoms with Crippen LogP contribution >= 0.6 is 0 Å². The van der Waals surface area contributed by atoms with Crippen molar-refractivity contribution in [1.82, 2.24) is 14.5 Å². The van der Waals surface area contributed by atoms with Crippen LogP contribution in [-0.2, 0) is 10.0 Å². The number of carboxylic acids is 1. The normalized spacial score (nSPS) is 21.4. The summed E-state index contributed by atoms with van der Waals surface area (Å²) in [7, 11) is -4.35. The molecule has 1 aromatic rings. The van der Waals surface area contributed by atoms with E-state index in [1.165, 1.54) is 0 Å². The van der Waals surface area contributed by atoms with Crippen LogP contribution < -0.4 is 0 Å². The number of nitrogens with zero attached hydrogens (tertiary/aromatic N) is 2. The van der Waals surface area contributed by atoms with Crippen molar-refractivity contribution in [2.75, 3.05) is 13.1 Å². The summed E-state index contributed by atoms with van der Waals surface area (Å²) in [5.74, 6) is -3.27. The fourth-order valence-electron chi connectivity index (χ4n) is 2.18. The number of H-pyrrole nitrogens is 1. The maximum atomic E-state index is 12.7. The highest BCUT2D eigenvalue weighted by molar-refractivity contribution is 7.89. The van der Waals surface area contributed by atoms with E-state index < -0.39 is 45.2 Å². The lowest BCUT2D eigenvalue weighted by Crippen LogP contribution is -2.44. The average molecular weight is 327 g/mol. The maximum Gasteiger partial charge on any atom is 0.393 e. The van der Waals surface area contributed by atoms with Gasteiger partial charge in [-0.15, -0.1) is 0 Å². The van der Waals surface area contributed by atoms with Crippen LogP contribution in [0.1, 0.15) is 23.2 Å². The van der Waals surface area contributed by atoms with E-state index in [1.54, 1.807) is 0 Å². The Morgan fingerprint density at radius 1 is 1.48 bits per heavy atom. The van der Waals surface area contributed by atoms with Crippen molar-refractivity contribution in [1.29, 1.82) is 0 Å². The standard InChI is InChI=1S/C10H12F3N3O4S/c11-10(12,13)6-2-1-3-16(5-6)21(19,20)8-7(9(17)18)4-14-15-8/h4,6H,1-3,5H2,(H,14,15)(H,17,18). The van der Waals surface area contributed by atoms with Crippen molar-refractivity contribution in [2.45, 2.75) is 24.0 Å². The minimum Gasteiger partial charge on any atom is -0.478 e. The molecule has 11 heteroatoms. The largest absolute Gasteiger partial charge is 0.478 e. The van der Waals surface area contributed by atoms with Gasteiger partial charge in [0.1, 0.15) is 5.56 Å². The molecule has 0 amide bonds. The van der Waals surface area contributed by atoms with Crippen LogP contribution in [0, 0.1) is 5.92 Å². The number of aromatic amines is 1. The first-order chi connectivity index (χ1) is 9.64. The molecule has 0 radical (unpaired) electrons. The second-order valence-corrected chi connectivity index (χ2v) is 6.54. The van der Waals surface area contributed by atoms with Gasteiger partial charge in [-0.05, 0) is 12.8 Å². The van der Waals surface area contributed by atoms with Gasteiger partial charge in [0.05, 0.1) is 12.1 Å². The van der Waals surface area contributed by atoms with E-state index in [-0.39, 0.29) is 19.4 Å². The number of halogens is 3. The Labute approximate surface area is 117 Å². The lowest BCUT2D eigenvalue weighted by atomic mass is 9.99. The molecule has 21 heavy (non-hydrogen) atoms. The summed E-state index contributed by atoms with van der Waals surface area (Å²) in [4.78, 5) is 10.9. The summed E-state index contributed by atoms with van der Waals surface area (Å²) in [5.41, 5.74) is -0.593. The molecule has 1 aliphatic heterocycles. The zero-order valence-electron chi connectivity index (χ0n) is 10.6. The van der Waals surface area contributed by atoms with Crippen molar-refractivity contribution >= 4 is 16.0 Å². The number of hydrogen-bond acceptors (Lipinski definition) is 4. The summed E-state index contributed by atoms with van der Waals surface area (Å²) in [6.07, 6.45) is -3.78. The third-order valence-electron chi connectivity index (χ3n) is 3.28. The Kier molecular flexibility index (Phi) is 3.97. The number of sulfonamides is 1. The van der Waals surface area contributed by atoms with Crippen LogP contribution in [0.4, 0.5) is 13.2 Å². The summed E-state index contributed by atoms with van der Waals surface area (Å²) in [6.45, 7) is -0.809. The van der Waals surface area contributed by atoms with Gasteiger partial charge in [-0.3, -0.25) is 5.10 Å². The van der Waals surface area contributed by atoms with Gasteiger partial charge in [-0.1, -0.05) is 0 Å². The van der Waals surface area contributed by atoms with E-state index >= 15 is 0 Å². The van der Waals surface area contributed by atoms with Gasteiger partial charge in [0.2, 0.25) is 0 Å². The lowest BCUT2D eigenvalue weighted by molar-refractivity contribution is -0.182. The minimum atomic E-state index is -4.49. The number of aromatic carboxylic acids is 1. The van der Waals surface area contributed by atoms with Crippen molar-refractivity contribution in [3.63, 3.8) is 0 Å². The zero-order chi connectivity index (χ0) is 15.8. The summed E-state index contributed by atoms with van der Waals surface area (Å²) >= 11 is 0. The predicted octanol–water partition coefficient (Wildman–Crippen LogP) is 1.07. The van der Waals surface area contributed by atoms with Crippen LogP contribution in [0.5, 0.6) is 0 Å². The molecule has 0 aliphatic carbocycles. The molecule has 0 aromatic carbocycles. The predicted molar refractivity (Wildman–Crippen MR) is 63.1 cm³/mol. The SMILES string of the molecule is O=C(O)c1cn[nH]c1S(=O)(=O)N1CCCC(C(F)(F)F)C1. The monoisotopic (exact) mass is 327 g/mol. The van der Waals surface area contributed by atoms with Gasteiger partial charge < -0.3 is 5.11 Å². The second-order valence-electron chi connectivity index (χ2n) is 4.66. The van der Waals surface area contributed by atoms with Crippen LogP contribution in [0.15, 0.2) is 11.2 Å². The van der Waals surface area contributed by atoms with Crippen LogP contribution in [0.3, 0.4) is 0 Å². The number of carbonyl (C=O) groups is 1. The Balaban J connectivity index is 2.31. The molecule has 1 aliphatic rings. The molecule has 0 bridgehead atoms. The van der Waals surface area contributed by atoms with Crippen molar-refractivity contribution in [3.05, 3.63) is 11.8 Å². The number of piperidine rings is 1. The average Bonchev–Trinajstić information content (AvgIpc) is 2.88. The molecule has 1 aromatic heterocycles. The van der Waals surface area contributed by atoms with Gasteiger partial charge >= 0.3 is 12.1 Å². The highest BCUT2D eigenvalue weighted by atomic mass is 32.2. The van der Waals surface area contributed by atoms with E-state index in [0.717, 1.165) is 6.20 Å². The molecule has 2 N–H and O–H groups in total. The summed E-state index contributed by atoms with van der Waals surface area (Å²) in [5, 5.41) is 13.6. The lowest BCUT2D eigenvalue weighted by Gasteiger charge is -2.32. The Morgan fingerprint density at radius 2 is 2.14 bits per heavy atom. The van der Waals surface area contributed by atoms with Crippen LogP contribution in [0.2, 0.25) is 0 Å². The fourth-order valence-corrected chi connectivity index (χ4v) is 3.77. The fraction of sp³-hybridized carbons (Fsp3) is 0.600. The second kappa shape index (κ2) is 5.30. The van der Waals surface area contributed by atoms with Gasteiger partial charge in [0, 0.05) is 13.1 Å². The topological polar surface area (TPSA) is 103 Å². The smallest absolute Gasteiger partial charge is 0.393 e. The molecule has 1 atom stereocenters. The number of nitrogens with one attached hydrogen (secondary N) is 1. The molecule has 1 saturated heterocycles. The quantitative estimate of drug-likeness (QED) is 0.864. The highest BCUT2D eigenvalue weighted by Gasteiger charge is 2.45. The van der Waals surface area contributed by atoms with Gasteiger partial charge in [-0.25, -0.2) is 13.2 Å². The van der Waals surface area contributed by atoms with Crippen molar-refractivity contribution < 1.29 is 31.5 Å². The molecule has 0 spiro atoms. The van der Waals surface area contributed by atoms with Gasteiger partial charge in [0.25, 0.3) is 10.0 Å². The number of hydrogen-bond donors (Lipinski definition) is 2. The zero-order valence-corrected chi connectivity index (χ0v) is 11.4. The first kappa shape index (κ1) is 15.8. The molecule has 0 saturated carbocycles. The van der Waals surface area contributed by atoms with Crippen molar-refractivity contribution in [3.8, 4) is 0 Å². The molecule has 2 heterocycles. The van der Waals surface area contributed by atoms with E-state index in [1.807, 2.05) is 5.10 Å². The number of carboxylic acid groups (broad SMARTS) is 1. The maximum absolute atomic E-state index is 12.7. The Morgan fingerprint density at radius 3 is 2.71 bits per heavy atom. The number of aromatic nitrogens is 2. The van der Waals surface area contributed by atoms with Crippen molar-refractivity contribution in [2.24, 2.45) is 5.92 Å². The third-order valence-corrected chi connectivity index (χ3v) is 5.12. The number of alkyl halides is 3. The number of rotatable bonds is 3. The first-order valence-electron chi connectivity index (χ1n) is 5.97. The molecule has 1 unspecified atom stereocenters. The highest BCUT2D eigenvalue weighted by Crippen LogP contribution is 2.35. The van der Waals surface area contributed by atoms with E-state index in [0.29, 0.717) is 4.31 Å². The molecule has 2 rings (SSSR count). The van der Waals surface area contributed by atoms with Crippen LogP contribution in [-0.4, -0.2) is 53.3 Å². The Bertz CT molecular complexity index is 640. The first-order valence-corrected chi connectivity index (χ1v) is 7.41. The molecule has 7 nitrogen and oxygen atoms in total. The molecular formula is C10H12F3N3O4S. The summed E-state index contributed by atoms with van der Waals surface area (Å²) < 4.78 is 63.3. The minimum absolute atomic E-state index is 0.0555. The van der Waals surface area contributed by atoms with Gasteiger partial charge in [0.15, 0.2) is 5.03 Å². The van der Waals surface area contributed by atoms with E-state index in [4.69, 9.17) is 5.11 Å². The summed E-state index contributed by atoms with van der Waals surface area (Å²) in [6, 6.07) is 0. The van der Waals surface area contributed by atoms with E-state index in [9.17, 15) is 26.4 Å². The Hall–Kier alpha value is -1.62. The van der Waals surface area contributed by atoms with Gasteiger partial charge in [-0.2, -0.15) is 22.6 Å². The molecular weight excluding hydrogens is 315 g/mol. The third kappa shape index (κ3) is 3.02.